The predicted molar refractivity (Wildman–Crippen MR) is 116 cm³/mol. The Morgan fingerprint density at radius 2 is 1.52 bits per heavy atom. The van der Waals surface area contributed by atoms with E-state index in [9.17, 15) is 15.3 Å². The van der Waals surface area contributed by atoms with Crippen molar-refractivity contribution >= 4 is 0 Å². The van der Waals surface area contributed by atoms with Gasteiger partial charge in [-0.3, -0.25) is 4.90 Å². The first-order valence-electron chi connectivity index (χ1n) is 10.9. The minimum absolute atomic E-state index is 0.0216. The van der Waals surface area contributed by atoms with E-state index in [-0.39, 0.29) is 18.6 Å². The summed E-state index contributed by atoms with van der Waals surface area (Å²) in [6.07, 6.45) is 3.09. The number of benzene rings is 2. The highest BCUT2D eigenvalue weighted by Gasteiger charge is 2.46. The molecule has 29 heavy (non-hydrogen) atoms. The van der Waals surface area contributed by atoms with Crippen molar-refractivity contribution in [3.05, 3.63) is 71.8 Å². The highest BCUT2D eigenvalue weighted by molar-refractivity contribution is 5.18. The van der Waals surface area contributed by atoms with Crippen molar-refractivity contribution in [3.8, 4) is 0 Å². The Morgan fingerprint density at radius 3 is 2.00 bits per heavy atom. The molecule has 0 heterocycles. The Hall–Kier alpha value is -1.72. The fourth-order valence-electron chi connectivity index (χ4n) is 4.73. The molecular weight excluding hydrogens is 362 g/mol. The summed E-state index contributed by atoms with van der Waals surface area (Å²) in [6.45, 7) is 3.33. The molecule has 2 aromatic rings. The second kappa shape index (κ2) is 10.4. The molecule has 0 spiro atoms. The highest BCUT2D eigenvalue weighted by Crippen LogP contribution is 2.39. The van der Waals surface area contributed by atoms with E-state index < -0.39 is 11.7 Å². The Balaban J connectivity index is 1.89. The van der Waals surface area contributed by atoms with Crippen molar-refractivity contribution < 1.29 is 15.3 Å². The van der Waals surface area contributed by atoms with E-state index in [1.807, 2.05) is 43.3 Å². The number of rotatable bonds is 9. The van der Waals surface area contributed by atoms with Gasteiger partial charge in [0.1, 0.15) is 0 Å². The van der Waals surface area contributed by atoms with Gasteiger partial charge in [-0.05, 0) is 36.3 Å². The van der Waals surface area contributed by atoms with Gasteiger partial charge in [0.05, 0.1) is 11.7 Å². The van der Waals surface area contributed by atoms with Crippen LogP contribution in [-0.4, -0.2) is 44.6 Å². The third-order valence-electron chi connectivity index (χ3n) is 6.55. The largest absolute Gasteiger partial charge is 0.396 e. The zero-order valence-corrected chi connectivity index (χ0v) is 17.5. The maximum Gasteiger partial charge on any atom is 0.0985 e. The number of hydrogen-bond donors (Lipinski definition) is 3. The summed E-state index contributed by atoms with van der Waals surface area (Å²) in [5, 5.41) is 32.6. The molecular formula is C25H35NO3. The topological polar surface area (TPSA) is 63.9 Å². The summed E-state index contributed by atoms with van der Waals surface area (Å²) in [6, 6.07) is 20.1. The molecule has 1 aliphatic carbocycles. The van der Waals surface area contributed by atoms with Gasteiger partial charge in [-0.2, -0.15) is 0 Å². The van der Waals surface area contributed by atoms with Crippen LogP contribution >= 0.6 is 0 Å². The number of aliphatic hydroxyl groups excluding tert-OH is 2. The van der Waals surface area contributed by atoms with E-state index in [1.165, 1.54) is 0 Å². The second-order valence-electron chi connectivity index (χ2n) is 8.54. The van der Waals surface area contributed by atoms with Crippen LogP contribution < -0.4 is 0 Å². The van der Waals surface area contributed by atoms with E-state index >= 15 is 0 Å². The zero-order valence-electron chi connectivity index (χ0n) is 17.5. The second-order valence-corrected chi connectivity index (χ2v) is 8.54. The third-order valence-corrected chi connectivity index (χ3v) is 6.55. The standard InChI is InChI=1S/C25H35NO3/c1-20-10-8-9-16-25(20,29)24(28)23(15-17-27)26(18-21-11-4-2-5-12-21)19-22-13-6-3-7-14-22/h2-7,11-14,20,23-24,27-29H,8-10,15-19H2,1H3/t20-,23-,24+,25+/m0/s1. The maximum absolute atomic E-state index is 11.4. The SMILES string of the molecule is C[C@H]1CCCC[C@]1(O)[C@H](O)[C@H](CCO)N(Cc1ccccc1)Cc1ccccc1. The van der Waals surface area contributed by atoms with Gasteiger partial charge in [0.2, 0.25) is 0 Å². The lowest BCUT2D eigenvalue weighted by atomic mass is 9.70. The van der Waals surface area contributed by atoms with Gasteiger partial charge in [0, 0.05) is 25.7 Å². The Morgan fingerprint density at radius 1 is 0.966 bits per heavy atom. The van der Waals surface area contributed by atoms with E-state index in [0.717, 1.165) is 30.4 Å². The summed E-state index contributed by atoms with van der Waals surface area (Å²) >= 11 is 0. The monoisotopic (exact) mass is 397 g/mol. The molecule has 0 aliphatic heterocycles. The molecule has 4 nitrogen and oxygen atoms in total. The van der Waals surface area contributed by atoms with Gasteiger partial charge in [-0.1, -0.05) is 80.4 Å². The average molecular weight is 398 g/mol. The van der Waals surface area contributed by atoms with Crippen LogP contribution in [0.15, 0.2) is 60.7 Å². The Kier molecular flexibility index (Phi) is 7.84. The molecule has 0 amide bonds. The lowest BCUT2D eigenvalue weighted by Crippen LogP contribution is -2.59. The van der Waals surface area contributed by atoms with Crippen LogP contribution in [0, 0.1) is 5.92 Å². The lowest BCUT2D eigenvalue weighted by Gasteiger charge is -2.47. The molecule has 1 saturated carbocycles. The van der Waals surface area contributed by atoms with E-state index in [4.69, 9.17) is 0 Å². The van der Waals surface area contributed by atoms with Crippen LogP contribution in [0.1, 0.15) is 50.2 Å². The normalized spacial score (nSPS) is 24.4. The van der Waals surface area contributed by atoms with Gasteiger partial charge in [0.25, 0.3) is 0 Å². The molecule has 1 fully saturated rings. The Bertz CT molecular complexity index is 682. The molecule has 0 saturated heterocycles. The van der Waals surface area contributed by atoms with Crippen LogP contribution in [0.4, 0.5) is 0 Å². The molecule has 3 N–H and O–H groups in total. The average Bonchev–Trinajstić information content (AvgIpc) is 2.75. The quantitative estimate of drug-likeness (QED) is 0.603. The molecule has 0 bridgehead atoms. The van der Waals surface area contributed by atoms with Crippen molar-refractivity contribution in [2.24, 2.45) is 5.92 Å². The van der Waals surface area contributed by atoms with Crippen molar-refractivity contribution in [2.75, 3.05) is 6.61 Å². The molecule has 1 aliphatic rings. The van der Waals surface area contributed by atoms with Crippen molar-refractivity contribution in [1.82, 2.24) is 4.90 Å². The van der Waals surface area contributed by atoms with E-state index in [0.29, 0.717) is 25.9 Å². The molecule has 0 aromatic heterocycles. The first-order valence-corrected chi connectivity index (χ1v) is 10.9. The summed E-state index contributed by atoms with van der Waals surface area (Å²) < 4.78 is 0. The van der Waals surface area contributed by atoms with Crippen LogP contribution in [0.5, 0.6) is 0 Å². The molecule has 0 radical (unpaired) electrons. The van der Waals surface area contributed by atoms with Gasteiger partial charge >= 0.3 is 0 Å². The Labute approximate surface area is 174 Å². The minimum atomic E-state index is -1.11. The predicted octanol–water partition coefficient (Wildman–Crippen LogP) is 3.74. The third kappa shape index (κ3) is 5.46. The first kappa shape index (κ1) is 22.0. The molecule has 3 rings (SSSR count). The van der Waals surface area contributed by atoms with Crippen molar-refractivity contribution in [2.45, 2.75) is 69.9 Å². The van der Waals surface area contributed by atoms with Gasteiger partial charge in [-0.15, -0.1) is 0 Å². The fourth-order valence-corrected chi connectivity index (χ4v) is 4.73. The van der Waals surface area contributed by atoms with Gasteiger partial charge in [-0.25, -0.2) is 0 Å². The molecule has 4 atom stereocenters. The molecule has 0 unspecified atom stereocenters. The first-order chi connectivity index (χ1) is 14.0. The van der Waals surface area contributed by atoms with Gasteiger partial charge < -0.3 is 15.3 Å². The smallest absolute Gasteiger partial charge is 0.0985 e. The summed E-state index contributed by atoms with van der Waals surface area (Å²) in [4.78, 5) is 2.21. The maximum atomic E-state index is 11.4. The minimum Gasteiger partial charge on any atom is -0.396 e. The number of nitrogens with zero attached hydrogens (tertiary/aromatic N) is 1. The lowest BCUT2D eigenvalue weighted by molar-refractivity contribution is -0.158. The molecule has 2 aromatic carbocycles. The van der Waals surface area contributed by atoms with Crippen LogP contribution in [-0.2, 0) is 13.1 Å². The molecule has 158 valence electrons. The zero-order chi connectivity index (χ0) is 20.7. The van der Waals surface area contributed by atoms with Crippen LogP contribution in [0.2, 0.25) is 0 Å². The molecule has 4 heteroatoms. The summed E-state index contributed by atoms with van der Waals surface area (Å²) in [5.41, 5.74) is 1.20. The fraction of sp³-hybridized carbons (Fsp3) is 0.520. The van der Waals surface area contributed by atoms with Crippen molar-refractivity contribution in [3.63, 3.8) is 0 Å². The summed E-state index contributed by atoms with van der Waals surface area (Å²) in [7, 11) is 0. The van der Waals surface area contributed by atoms with E-state index in [2.05, 4.69) is 29.2 Å². The summed E-state index contributed by atoms with van der Waals surface area (Å²) in [5.74, 6) is 0.0442. The van der Waals surface area contributed by atoms with Crippen LogP contribution in [0.3, 0.4) is 0 Å². The number of hydrogen-bond acceptors (Lipinski definition) is 4. The number of aliphatic hydroxyl groups is 3. The van der Waals surface area contributed by atoms with Crippen LogP contribution in [0.25, 0.3) is 0 Å². The highest BCUT2D eigenvalue weighted by atomic mass is 16.3. The van der Waals surface area contributed by atoms with Crippen molar-refractivity contribution in [1.29, 1.82) is 0 Å². The van der Waals surface area contributed by atoms with E-state index in [1.54, 1.807) is 0 Å². The van der Waals surface area contributed by atoms with Gasteiger partial charge in [0.15, 0.2) is 0 Å².